The molecule has 2 N–H and O–H groups in total. The average molecular weight is 470 g/mol. The molecule has 1 fully saturated rings. The van der Waals surface area contributed by atoms with Gasteiger partial charge in [-0.25, -0.2) is 9.97 Å². The Morgan fingerprint density at radius 3 is 2.59 bits per heavy atom. The lowest BCUT2D eigenvalue weighted by atomic mass is 9.94. The van der Waals surface area contributed by atoms with Crippen molar-refractivity contribution in [3.63, 3.8) is 0 Å². The van der Waals surface area contributed by atoms with Crippen LogP contribution in [0, 0.1) is 0 Å². The highest BCUT2D eigenvalue weighted by Gasteiger charge is 2.34. The number of hydrogen-bond acceptors (Lipinski definition) is 6. The Balaban J connectivity index is 1.24. The molecule has 6 nitrogen and oxygen atoms in total. The molecule has 3 heterocycles. The van der Waals surface area contributed by atoms with Crippen LogP contribution >= 0.6 is 0 Å². The molecule has 0 saturated carbocycles. The number of anilines is 3. The number of rotatable bonds is 4. The Kier molecular flexibility index (Phi) is 6.14. The summed E-state index contributed by atoms with van der Waals surface area (Å²) in [7, 11) is 0. The molecule has 9 heteroatoms. The summed E-state index contributed by atoms with van der Waals surface area (Å²) in [6.07, 6.45) is -1.78. The lowest BCUT2D eigenvalue weighted by Gasteiger charge is -2.43. The van der Waals surface area contributed by atoms with Crippen molar-refractivity contribution in [1.82, 2.24) is 14.9 Å². The molecule has 0 aliphatic carbocycles. The highest BCUT2D eigenvalue weighted by atomic mass is 19.4. The van der Waals surface area contributed by atoms with Crippen molar-refractivity contribution in [3.8, 4) is 0 Å². The molecule has 0 bridgehead atoms. The van der Waals surface area contributed by atoms with Gasteiger partial charge in [-0.3, -0.25) is 4.90 Å². The number of fused-ring (bicyclic) bond motifs is 1. The number of aliphatic hydroxyl groups is 1. The first-order chi connectivity index (χ1) is 16.4. The quantitative estimate of drug-likeness (QED) is 0.596. The van der Waals surface area contributed by atoms with Gasteiger partial charge in [0.25, 0.3) is 0 Å². The lowest BCUT2D eigenvalue weighted by Crippen LogP contribution is -2.55. The summed E-state index contributed by atoms with van der Waals surface area (Å²) in [4.78, 5) is 12.8. The molecule has 0 spiro atoms. The second-order valence-electron chi connectivity index (χ2n) is 8.82. The number of nitrogens with one attached hydrogen (secondary N) is 1. The minimum Gasteiger partial charge on any atom is -0.390 e. The summed E-state index contributed by atoms with van der Waals surface area (Å²) < 4.78 is 39.0. The van der Waals surface area contributed by atoms with Crippen molar-refractivity contribution in [2.24, 2.45) is 0 Å². The minimum absolute atomic E-state index is 0.0779. The van der Waals surface area contributed by atoms with E-state index in [0.717, 1.165) is 44.6 Å². The third-order valence-electron chi connectivity index (χ3n) is 6.61. The van der Waals surface area contributed by atoms with Gasteiger partial charge in [0.1, 0.15) is 18.0 Å². The van der Waals surface area contributed by atoms with Gasteiger partial charge in [-0.05, 0) is 42.2 Å². The van der Waals surface area contributed by atoms with E-state index < -0.39 is 17.8 Å². The Bertz CT molecular complexity index is 1160. The summed E-state index contributed by atoms with van der Waals surface area (Å²) in [5, 5.41) is 13.9. The summed E-state index contributed by atoms with van der Waals surface area (Å²) in [5.41, 5.74) is 2.28. The molecule has 0 unspecified atom stereocenters. The molecule has 2 atom stereocenters. The van der Waals surface area contributed by atoms with Crippen molar-refractivity contribution in [2.45, 2.75) is 37.7 Å². The van der Waals surface area contributed by atoms with Crippen LogP contribution in [0.5, 0.6) is 0 Å². The Hall–Kier alpha value is -3.17. The minimum atomic E-state index is -4.41. The molecular weight excluding hydrogens is 443 g/mol. The maximum atomic E-state index is 13.0. The normalized spacial score (nSPS) is 21.2. The van der Waals surface area contributed by atoms with Gasteiger partial charge >= 0.3 is 6.18 Å². The number of aromatic nitrogens is 2. The number of halogens is 3. The zero-order valence-corrected chi connectivity index (χ0v) is 18.5. The maximum Gasteiger partial charge on any atom is 0.416 e. The van der Waals surface area contributed by atoms with Crippen molar-refractivity contribution >= 4 is 17.3 Å². The van der Waals surface area contributed by atoms with E-state index in [4.69, 9.17) is 0 Å². The van der Waals surface area contributed by atoms with Crippen molar-refractivity contribution in [1.29, 1.82) is 0 Å². The SMILES string of the molecule is O[C@@H]1CN(c2cc(Nc3cccc(C(F)(F)F)c3)ncn2)CC[C@H]1N1CCc2ccccc2C1. The summed E-state index contributed by atoms with van der Waals surface area (Å²) in [6.45, 7) is 2.93. The Morgan fingerprint density at radius 2 is 1.79 bits per heavy atom. The number of hydrogen-bond donors (Lipinski definition) is 2. The fourth-order valence-electron chi connectivity index (χ4n) is 4.86. The number of benzene rings is 2. The molecule has 0 radical (unpaired) electrons. The van der Waals surface area contributed by atoms with Crippen LogP contribution in [-0.4, -0.2) is 51.8 Å². The molecular formula is C25H26F3N5O. The van der Waals surface area contributed by atoms with Gasteiger partial charge < -0.3 is 15.3 Å². The predicted molar refractivity (Wildman–Crippen MR) is 124 cm³/mol. The Morgan fingerprint density at radius 1 is 0.971 bits per heavy atom. The van der Waals surface area contributed by atoms with Crippen LogP contribution in [0.25, 0.3) is 0 Å². The average Bonchev–Trinajstić information content (AvgIpc) is 2.83. The number of aliphatic hydroxyl groups excluding tert-OH is 1. The van der Waals surface area contributed by atoms with Crippen LogP contribution in [0.15, 0.2) is 60.9 Å². The molecule has 5 rings (SSSR count). The first-order valence-electron chi connectivity index (χ1n) is 11.4. The second-order valence-corrected chi connectivity index (χ2v) is 8.82. The second kappa shape index (κ2) is 9.23. The molecule has 2 aliphatic rings. The summed E-state index contributed by atoms with van der Waals surface area (Å²) in [6, 6.07) is 15.2. The molecule has 2 aromatic carbocycles. The number of nitrogens with zero attached hydrogens (tertiary/aromatic N) is 4. The number of β-amino-alcohol motifs (C(OH)–C–C–N with tert-alkyl or cyclic N) is 1. The third kappa shape index (κ3) is 4.85. The molecule has 1 aromatic heterocycles. The molecule has 2 aliphatic heterocycles. The van der Waals surface area contributed by atoms with E-state index >= 15 is 0 Å². The van der Waals surface area contributed by atoms with Gasteiger partial charge in [0, 0.05) is 44.0 Å². The zero-order valence-electron chi connectivity index (χ0n) is 18.5. The van der Waals surface area contributed by atoms with Crippen molar-refractivity contribution in [2.75, 3.05) is 29.9 Å². The largest absolute Gasteiger partial charge is 0.416 e. The van der Waals surface area contributed by atoms with Gasteiger partial charge in [-0.1, -0.05) is 30.3 Å². The maximum absolute atomic E-state index is 13.0. The standard InChI is InChI=1S/C25H26F3N5O/c26-25(27,28)19-6-3-7-20(12-19)31-23-13-24(30-16-29-23)33-11-9-21(22(34)15-33)32-10-8-17-4-1-2-5-18(17)14-32/h1-7,12-13,16,21-22,34H,8-11,14-15H2,(H,29,30,31)/t21-,22-/m1/s1. The molecule has 34 heavy (non-hydrogen) atoms. The fourth-order valence-corrected chi connectivity index (χ4v) is 4.86. The van der Waals surface area contributed by atoms with Crippen LogP contribution in [0.4, 0.5) is 30.5 Å². The van der Waals surface area contributed by atoms with E-state index in [1.165, 1.54) is 23.5 Å². The van der Waals surface area contributed by atoms with Crippen LogP contribution in [0.1, 0.15) is 23.1 Å². The third-order valence-corrected chi connectivity index (χ3v) is 6.61. The van der Waals surface area contributed by atoms with Crippen molar-refractivity contribution in [3.05, 3.63) is 77.6 Å². The highest BCUT2D eigenvalue weighted by molar-refractivity contribution is 5.60. The van der Waals surface area contributed by atoms with E-state index in [-0.39, 0.29) is 6.04 Å². The number of piperidine rings is 1. The van der Waals surface area contributed by atoms with E-state index in [2.05, 4.69) is 44.5 Å². The van der Waals surface area contributed by atoms with Gasteiger partial charge in [0.15, 0.2) is 0 Å². The fraction of sp³-hybridized carbons (Fsp3) is 0.360. The van der Waals surface area contributed by atoms with Gasteiger partial charge in [-0.2, -0.15) is 13.2 Å². The van der Waals surface area contributed by atoms with E-state index in [9.17, 15) is 18.3 Å². The van der Waals surface area contributed by atoms with Crippen LogP contribution in [-0.2, 0) is 19.1 Å². The smallest absolute Gasteiger partial charge is 0.390 e. The first kappa shape index (κ1) is 22.6. The lowest BCUT2D eigenvalue weighted by molar-refractivity contribution is -0.137. The van der Waals surface area contributed by atoms with Crippen LogP contribution in [0.3, 0.4) is 0 Å². The van der Waals surface area contributed by atoms with Gasteiger partial charge in [0.05, 0.1) is 11.7 Å². The van der Waals surface area contributed by atoms with Crippen molar-refractivity contribution < 1.29 is 18.3 Å². The zero-order chi connectivity index (χ0) is 23.7. The first-order valence-corrected chi connectivity index (χ1v) is 11.4. The van der Waals surface area contributed by atoms with Gasteiger partial charge in [0.2, 0.25) is 0 Å². The molecule has 3 aromatic rings. The summed E-state index contributed by atoms with van der Waals surface area (Å²) in [5.74, 6) is 1.03. The monoisotopic (exact) mass is 469 g/mol. The van der Waals surface area contributed by atoms with Crippen LogP contribution < -0.4 is 10.2 Å². The Labute approximate surface area is 196 Å². The number of alkyl halides is 3. The predicted octanol–water partition coefficient (Wildman–Crippen LogP) is 4.24. The van der Waals surface area contributed by atoms with Crippen LogP contribution in [0.2, 0.25) is 0 Å². The highest BCUT2D eigenvalue weighted by Crippen LogP contribution is 2.32. The van der Waals surface area contributed by atoms with Gasteiger partial charge in [-0.15, -0.1) is 0 Å². The van der Waals surface area contributed by atoms with E-state index in [1.54, 1.807) is 12.1 Å². The molecule has 178 valence electrons. The summed E-state index contributed by atoms with van der Waals surface area (Å²) >= 11 is 0. The van der Waals surface area contributed by atoms with E-state index in [1.807, 2.05) is 4.90 Å². The topological polar surface area (TPSA) is 64.5 Å². The van der Waals surface area contributed by atoms with E-state index in [0.29, 0.717) is 23.9 Å². The molecule has 1 saturated heterocycles. The molecule has 0 amide bonds.